The van der Waals surface area contributed by atoms with Gasteiger partial charge in [0.1, 0.15) is 17.6 Å². The number of rotatable bonds is 6. The summed E-state index contributed by atoms with van der Waals surface area (Å²) >= 11 is 3.40. The highest BCUT2D eigenvalue weighted by Crippen LogP contribution is 2.47. The zero-order valence-corrected chi connectivity index (χ0v) is 22.7. The van der Waals surface area contributed by atoms with Crippen LogP contribution >= 0.6 is 15.9 Å². The topological polar surface area (TPSA) is 84.0 Å². The molecular formula is C31H22BrFN2O5. The molecule has 6 rings (SSSR count). The van der Waals surface area contributed by atoms with E-state index in [4.69, 9.17) is 4.74 Å². The van der Waals surface area contributed by atoms with Gasteiger partial charge < -0.3 is 9.64 Å². The number of fused-ring (bicyclic) bond motifs is 3. The van der Waals surface area contributed by atoms with Gasteiger partial charge in [-0.2, -0.15) is 0 Å². The second-order valence-corrected chi connectivity index (χ2v) is 10.6. The van der Waals surface area contributed by atoms with Gasteiger partial charge in [0.25, 0.3) is 0 Å². The number of halogens is 2. The first kappa shape index (κ1) is 25.9. The summed E-state index contributed by atoms with van der Waals surface area (Å²) < 4.78 is 20.6. The molecule has 7 nitrogen and oxygen atoms in total. The first-order valence-electron chi connectivity index (χ1n) is 12.6. The molecule has 3 aliphatic rings. The number of carbonyl (C=O) groups is 4. The molecule has 0 aromatic heterocycles. The third-order valence-corrected chi connectivity index (χ3v) is 8.26. The van der Waals surface area contributed by atoms with Crippen molar-refractivity contribution in [2.75, 3.05) is 12.0 Å². The van der Waals surface area contributed by atoms with E-state index >= 15 is 0 Å². The summed E-state index contributed by atoms with van der Waals surface area (Å²) in [5.74, 6) is -4.16. The second kappa shape index (κ2) is 9.98. The van der Waals surface area contributed by atoms with Gasteiger partial charge in [-0.05, 0) is 52.3 Å². The third kappa shape index (κ3) is 4.00. The lowest BCUT2D eigenvalue weighted by Crippen LogP contribution is -2.46. The number of anilines is 1. The Morgan fingerprint density at radius 1 is 0.900 bits per heavy atom. The van der Waals surface area contributed by atoms with Gasteiger partial charge in [0, 0.05) is 22.9 Å². The Morgan fingerprint density at radius 2 is 1.60 bits per heavy atom. The molecule has 3 aromatic rings. The van der Waals surface area contributed by atoms with Gasteiger partial charge in [-0.1, -0.05) is 48.5 Å². The number of para-hydroxylation sites is 1. The number of methoxy groups -OCH3 is 1. The fraction of sp³-hybridized carbons (Fsp3) is 0.161. The van der Waals surface area contributed by atoms with Gasteiger partial charge in [0.2, 0.25) is 11.8 Å². The van der Waals surface area contributed by atoms with Crippen molar-refractivity contribution in [2.24, 2.45) is 11.8 Å². The monoisotopic (exact) mass is 600 g/mol. The fourth-order valence-electron chi connectivity index (χ4n) is 5.81. The number of hydrogen-bond donors (Lipinski definition) is 0. The van der Waals surface area contributed by atoms with Crippen LogP contribution in [0, 0.1) is 17.7 Å². The summed E-state index contributed by atoms with van der Waals surface area (Å²) in [6.07, 6.45) is 4.84. The van der Waals surface area contributed by atoms with Crippen LogP contribution in [-0.2, 0) is 9.59 Å². The highest BCUT2D eigenvalue weighted by Gasteiger charge is 2.63. The number of ketones is 2. The van der Waals surface area contributed by atoms with Gasteiger partial charge in [-0.3, -0.25) is 19.2 Å². The van der Waals surface area contributed by atoms with Gasteiger partial charge >= 0.3 is 0 Å². The average molecular weight is 601 g/mol. The quantitative estimate of drug-likeness (QED) is 0.293. The molecule has 2 amide bonds. The first-order chi connectivity index (χ1) is 19.3. The van der Waals surface area contributed by atoms with E-state index in [1.54, 1.807) is 71.8 Å². The predicted octanol–water partition coefficient (Wildman–Crippen LogP) is 4.97. The number of benzene rings is 3. The van der Waals surface area contributed by atoms with Crippen LogP contribution in [0.2, 0.25) is 0 Å². The van der Waals surface area contributed by atoms with Crippen molar-refractivity contribution in [1.82, 2.24) is 4.90 Å². The molecule has 2 fully saturated rings. The van der Waals surface area contributed by atoms with Crippen LogP contribution in [0.15, 0.2) is 101 Å². The number of Topliss-reactive ketones (excluding diaryl/α,β-unsaturated/α-hetero) is 2. The average Bonchev–Trinajstić information content (AvgIpc) is 3.44. The van der Waals surface area contributed by atoms with Crippen LogP contribution < -0.4 is 9.64 Å². The van der Waals surface area contributed by atoms with Crippen LogP contribution in [0.1, 0.15) is 20.7 Å². The number of nitrogens with zero attached hydrogens (tertiary/aromatic N) is 2. The molecule has 0 saturated carbocycles. The largest absolute Gasteiger partial charge is 0.496 e. The van der Waals surface area contributed by atoms with E-state index in [0.29, 0.717) is 26.9 Å². The molecule has 2 saturated heterocycles. The zero-order valence-electron chi connectivity index (χ0n) is 21.2. The van der Waals surface area contributed by atoms with Gasteiger partial charge in [0.15, 0.2) is 11.6 Å². The third-order valence-electron chi connectivity index (χ3n) is 7.64. The number of ether oxygens (including phenoxy) is 1. The van der Waals surface area contributed by atoms with Crippen LogP contribution in [0.4, 0.5) is 10.1 Å². The van der Waals surface area contributed by atoms with Crippen LogP contribution in [0.25, 0.3) is 0 Å². The highest BCUT2D eigenvalue weighted by molar-refractivity contribution is 9.10. The maximum absolute atomic E-state index is 14.8. The van der Waals surface area contributed by atoms with Crippen LogP contribution in [0.3, 0.4) is 0 Å². The molecule has 0 bridgehead atoms. The first-order valence-corrected chi connectivity index (χ1v) is 13.4. The lowest BCUT2D eigenvalue weighted by molar-refractivity contribution is -0.123. The standard InChI is InChI=1S/C31H22BrFN2O5/c1-40-24-12-11-18(15-20(24)32)29(37)27-26-25(30(38)35(31(26)39)22-10-6-5-9-21(22)33)23-16-19(13-14-34(23)27)28(36)17-7-3-2-4-8-17/h2-16,23,25-27H,1H3/t23-,25-,26-,27+/m1/s1. The van der Waals surface area contributed by atoms with Gasteiger partial charge in [0.05, 0.1) is 35.1 Å². The van der Waals surface area contributed by atoms with Crippen LogP contribution in [0.5, 0.6) is 5.75 Å². The summed E-state index contributed by atoms with van der Waals surface area (Å²) in [7, 11) is 1.51. The molecular weight excluding hydrogens is 579 g/mol. The molecule has 0 unspecified atom stereocenters. The fourth-order valence-corrected chi connectivity index (χ4v) is 6.36. The van der Waals surface area contributed by atoms with E-state index in [1.165, 1.54) is 31.4 Å². The number of hydrogen-bond acceptors (Lipinski definition) is 6. The number of amides is 2. The molecule has 0 N–H and O–H groups in total. The Balaban J connectivity index is 1.44. The van der Waals surface area contributed by atoms with Crippen molar-refractivity contribution >= 4 is 45.0 Å². The Labute approximate surface area is 237 Å². The normalized spacial score (nSPS) is 23.1. The Hall–Kier alpha value is -4.37. The molecule has 3 heterocycles. The Morgan fingerprint density at radius 3 is 2.30 bits per heavy atom. The second-order valence-electron chi connectivity index (χ2n) is 9.74. The van der Waals surface area contributed by atoms with Crippen LogP contribution in [-0.4, -0.2) is 47.5 Å². The van der Waals surface area contributed by atoms with Gasteiger partial charge in [-0.25, -0.2) is 9.29 Å². The van der Waals surface area contributed by atoms with Crippen molar-refractivity contribution in [3.63, 3.8) is 0 Å². The van der Waals surface area contributed by atoms with E-state index < -0.39 is 41.6 Å². The highest BCUT2D eigenvalue weighted by atomic mass is 79.9. The van der Waals surface area contributed by atoms with E-state index in [2.05, 4.69) is 15.9 Å². The smallest absolute Gasteiger partial charge is 0.240 e. The van der Waals surface area contributed by atoms with Crippen molar-refractivity contribution in [3.8, 4) is 5.75 Å². The van der Waals surface area contributed by atoms with Crippen molar-refractivity contribution < 1.29 is 28.3 Å². The lowest BCUT2D eigenvalue weighted by Gasteiger charge is -2.33. The van der Waals surface area contributed by atoms with Crippen molar-refractivity contribution in [3.05, 3.63) is 118 Å². The Kier molecular flexibility index (Phi) is 6.46. The number of allylic oxidation sites excluding steroid dienone is 2. The minimum atomic E-state index is -1.09. The van der Waals surface area contributed by atoms with E-state index in [-0.39, 0.29) is 17.3 Å². The van der Waals surface area contributed by atoms with Crippen molar-refractivity contribution in [2.45, 2.75) is 12.1 Å². The van der Waals surface area contributed by atoms with Crippen molar-refractivity contribution in [1.29, 1.82) is 0 Å². The molecule has 0 radical (unpaired) electrons. The molecule has 0 aliphatic carbocycles. The zero-order chi connectivity index (χ0) is 28.1. The molecule has 9 heteroatoms. The summed E-state index contributed by atoms with van der Waals surface area (Å²) in [6, 6.07) is 17.3. The molecule has 3 aromatic carbocycles. The number of imide groups is 1. The maximum atomic E-state index is 14.8. The molecule has 3 aliphatic heterocycles. The Bertz CT molecular complexity index is 1640. The molecule has 4 atom stereocenters. The lowest BCUT2D eigenvalue weighted by atomic mass is 9.85. The minimum Gasteiger partial charge on any atom is -0.496 e. The van der Waals surface area contributed by atoms with E-state index in [1.807, 2.05) is 0 Å². The summed E-state index contributed by atoms with van der Waals surface area (Å²) in [6.45, 7) is 0. The molecule has 0 spiro atoms. The summed E-state index contributed by atoms with van der Waals surface area (Å²) in [5, 5.41) is 0. The SMILES string of the molecule is COc1ccc(C(=O)[C@@H]2[C@@H]3C(=O)N(c4ccccc4F)C(=O)[C@@H]3[C@H]3C=C(C(=O)c4ccccc4)C=CN32)cc1Br. The van der Waals surface area contributed by atoms with E-state index in [9.17, 15) is 23.6 Å². The summed E-state index contributed by atoms with van der Waals surface area (Å²) in [5.41, 5.74) is 0.966. The predicted molar refractivity (Wildman–Crippen MR) is 148 cm³/mol. The summed E-state index contributed by atoms with van der Waals surface area (Å²) in [4.78, 5) is 57.5. The van der Waals surface area contributed by atoms with E-state index in [0.717, 1.165) is 4.90 Å². The minimum absolute atomic E-state index is 0.159. The molecule has 40 heavy (non-hydrogen) atoms. The number of carbonyl (C=O) groups excluding carboxylic acids is 4. The van der Waals surface area contributed by atoms with Gasteiger partial charge in [-0.15, -0.1) is 0 Å². The maximum Gasteiger partial charge on any atom is 0.240 e. The molecule has 200 valence electrons.